The third-order valence-corrected chi connectivity index (χ3v) is 3.41. The number of alkyl halides is 3. The quantitative estimate of drug-likeness (QED) is 0.834. The fourth-order valence-corrected chi connectivity index (χ4v) is 2.51. The zero-order valence-corrected chi connectivity index (χ0v) is 10.9. The summed E-state index contributed by atoms with van der Waals surface area (Å²) in [5.41, 5.74) is 2.31. The maximum Gasteiger partial charge on any atom is 0.573 e. The van der Waals surface area contributed by atoms with Crippen molar-refractivity contribution in [2.75, 3.05) is 0 Å². The number of aryl methyl sites for hydroxylation is 1. The lowest BCUT2D eigenvalue weighted by Crippen LogP contribution is -2.17. The van der Waals surface area contributed by atoms with Crippen molar-refractivity contribution in [1.29, 1.82) is 0 Å². The van der Waals surface area contributed by atoms with Gasteiger partial charge in [0.25, 0.3) is 0 Å². The number of rotatable bonds is 3. The van der Waals surface area contributed by atoms with E-state index in [1.807, 2.05) is 12.3 Å². The molecule has 0 N–H and O–H groups in total. The molecule has 0 saturated carbocycles. The smallest absolute Gasteiger partial charge is 0.406 e. The second-order valence-electron chi connectivity index (χ2n) is 3.92. The molecular weight excluding hydrogens is 275 g/mol. The molecule has 0 aliphatic rings. The van der Waals surface area contributed by atoms with Crippen LogP contribution in [0.15, 0.2) is 23.6 Å². The Morgan fingerprint density at radius 3 is 2.68 bits per heavy atom. The Kier molecular flexibility index (Phi) is 3.80. The van der Waals surface area contributed by atoms with Gasteiger partial charge in [0.15, 0.2) is 0 Å². The monoisotopic (exact) mass is 286 g/mol. The first-order valence-electron chi connectivity index (χ1n) is 5.49. The van der Waals surface area contributed by atoms with Crippen LogP contribution in [0, 0.1) is 13.8 Å². The first kappa shape index (κ1) is 13.9. The molecule has 19 heavy (non-hydrogen) atoms. The molecule has 101 valence electrons. The van der Waals surface area contributed by atoms with Crippen molar-refractivity contribution in [3.63, 3.8) is 0 Å². The van der Waals surface area contributed by atoms with Gasteiger partial charge in [-0.1, -0.05) is 6.07 Å². The summed E-state index contributed by atoms with van der Waals surface area (Å²) in [6.07, 6.45) is -4.14. The molecule has 0 aliphatic heterocycles. The minimum Gasteiger partial charge on any atom is -0.406 e. The molecule has 0 amide bonds. The van der Waals surface area contributed by atoms with Crippen molar-refractivity contribution >= 4 is 11.3 Å². The van der Waals surface area contributed by atoms with E-state index in [-0.39, 0.29) is 5.75 Å². The van der Waals surface area contributed by atoms with Crippen LogP contribution >= 0.6 is 11.3 Å². The molecule has 0 atom stereocenters. The van der Waals surface area contributed by atoms with Gasteiger partial charge in [0.2, 0.25) is 0 Å². The number of ether oxygens (including phenoxy) is 1. The molecule has 6 heteroatoms. The maximum atomic E-state index is 12.2. The number of halogens is 3. The van der Waals surface area contributed by atoms with E-state index in [4.69, 9.17) is 0 Å². The molecule has 1 radical (unpaired) electrons. The van der Waals surface area contributed by atoms with Crippen molar-refractivity contribution in [2.45, 2.75) is 19.7 Å². The van der Waals surface area contributed by atoms with Gasteiger partial charge in [-0.2, -0.15) is 0 Å². The molecule has 0 spiro atoms. The molecule has 1 heterocycles. The summed E-state index contributed by atoms with van der Waals surface area (Å²) in [4.78, 5) is 4.32. The second kappa shape index (κ2) is 5.21. The minimum atomic E-state index is -4.69. The Labute approximate surface area is 112 Å². The highest BCUT2D eigenvalue weighted by Crippen LogP contribution is 2.32. The van der Waals surface area contributed by atoms with E-state index < -0.39 is 6.36 Å². The molecule has 1 aromatic heterocycles. The molecule has 0 saturated heterocycles. The number of benzene rings is 1. The molecule has 2 aromatic rings. The lowest BCUT2D eigenvalue weighted by atomic mass is 10.1. The number of hydrogen-bond donors (Lipinski definition) is 0. The van der Waals surface area contributed by atoms with Crippen LogP contribution in [0.25, 0.3) is 10.6 Å². The Morgan fingerprint density at radius 1 is 1.37 bits per heavy atom. The zero-order chi connectivity index (χ0) is 14.0. The standard InChI is InChI=1S/C13H11F3NOS/c1-3-9-7-19-12(17-9)11-6-10(5-4-8(11)2)18-13(14,15)16/h4-7H,1,3H2,2H3. The third kappa shape index (κ3) is 3.47. The van der Waals surface area contributed by atoms with E-state index >= 15 is 0 Å². The predicted octanol–water partition coefficient (Wildman–Crippen LogP) is 4.39. The van der Waals surface area contributed by atoms with Crippen LogP contribution < -0.4 is 4.74 Å². The average molecular weight is 286 g/mol. The van der Waals surface area contributed by atoms with E-state index in [0.29, 0.717) is 17.0 Å². The average Bonchev–Trinajstić information content (AvgIpc) is 2.78. The van der Waals surface area contributed by atoms with Crippen molar-refractivity contribution in [3.05, 3.63) is 41.8 Å². The van der Waals surface area contributed by atoms with Crippen LogP contribution in [-0.4, -0.2) is 11.3 Å². The molecule has 2 rings (SSSR count). The van der Waals surface area contributed by atoms with E-state index in [0.717, 1.165) is 11.3 Å². The number of thiazole rings is 1. The van der Waals surface area contributed by atoms with Crippen molar-refractivity contribution in [3.8, 4) is 16.3 Å². The molecule has 1 aromatic carbocycles. The van der Waals surface area contributed by atoms with E-state index in [1.54, 1.807) is 6.07 Å². The van der Waals surface area contributed by atoms with Crippen LogP contribution in [-0.2, 0) is 6.42 Å². The van der Waals surface area contributed by atoms with Gasteiger partial charge in [0, 0.05) is 10.9 Å². The minimum absolute atomic E-state index is 0.237. The van der Waals surface area contributed by atoms with Crippen LogP contribution in [0.1, 0.15) is 11.3 Å². The van der Waals surface area contributed by atoms with Gasteiger partial charge in [-0.15, -0.1) is 24.5 Å². The van der Waals surface area contributed by atoms with E-state index in [2.05, 4.69) is 16.6 Å². The lowest BCUT2D eigenvalue weighted by molar-refractivity contribution is -0.274. The topological polar surface area (TPSA) is 22.1 Å². The molecule has 0 unspecified atom stereocenters. The van der Waals surface area contributed by atoms with Gasteiger partial charge in [-0.25, -0.2) is 4.98 Å². The number of nitrogens with zero attached hydrogens (tertiary/aromatic N) is 1. The fourth-order valence-electron chi connectivity index (χ4n) is 1.57. The first-order chi connectivity index (χ1) is 8.89. The Bertz CT molecular complexity index is 578. The molecule has 0 aliphatic carbocycles. The SMILES string of the molecule is [CH2]Cc1csc(-c2cc(OC(F)(F)F)ccc2C)n1. The van der Waals surface area contributed by atoms with Gasteiger partial charge in [-0.3, -0.25) is 0 Å². The fraction of sp³-hybridized carbons (Fsp3) is 0.231. The van der Waals surface area contributed by atoms with Crippen LogP contribution in [0.4, 0.5) is 13.2 Å². The van der Waals surface area contributed by atoms with Crippen molar-refractivity contribution in [1.82, 2.24) is 4.98 Å². The summed E-state index contributed by atoms with van der Waals surface area (Å²) in [6.45, 7) is 5.54. The summed E-state index contributed by atoms with van der Waals surface area (Å²) < 4.78 is 40.5. The Balaban J connectivity index is 2.36. The molecule has 0 fully saturated rings. The highest BCUT2D eigenvalue weighted by Gasteiger charge is 2.31. The van der Waals surface area contributed by atoms with Crippen LogP contribution in [0.2, 0.25) is 0 Å². The van der Waals surface area contributed by atoms with Gasteiger partial charge < -0.3 is 4.74 Å². The number of aromatic nitrogens is 1. The molecule has 2 nitrogen and oxygen atoms in total. The lowest BCUT2D eigenvalue weighted by Gasteiger charge is -2.10. The number of hydrogen-bond acceptors (Lipinski definition) is 3. The summed E-state index contributed by atoms with van der Waals surface area (Å²) in [7, 11) is 0. The van der Waals surface area contributed by atoms with Gasteiger partial charge in [0.05, 0.1) is 5.69 Å². The zero-order valence-electron chi connectivity index (χ0n) is 10.1. The van der Waals surface area contributed by atoms with Crippen molar-refractivity contribution < 1.29 is 17.9 Å². The normalized spacial score (nSPS) is 11.6. The van der Waals surface area contributed by atoms with Crippen molar-refractivity contribution in [2.24, 2.45) is 0 Å². The second-order valence-corrected chi connectivity index (χ2v) is 4.78. The Hall–Kier alpha value is -1.56. The Morgan fingerprint density at radius 2 is 2.11 bits per heavy atom. The highest BCUT2D eigenvalue weighted by atomic mass is 32.1. The first-order valence-corrected chi connectivity index (χ1v) is 6.37. The van der Waals surface area contributed by atoms with E-state index in [9.17, 15) is 13.2 Å². The largest absolute Gasteiger partial charge is 0.573 e. The van der Waals surface area contributed by atoms with Gasteiger partial charge >= 0.3 is 6.36 Å². The maximum absolute atomic E-state index is 12.2. The molecule has 0 bridgehead atoms. The van der Waals surface area contributed by atoms with E-state index in [1.165, 1.54) is 23.5 Å². The van der Waals surface area contributed by atoms with Gasteiger partial charge in [0.1, 0.15) is 10.8 Å². The predicted molar refractivity (Wildman–Crippen MR) is 68.0 cm³/mol. The van der Waals surface area contributed by atoms with Crippen LogP contribution in [0.5, 0.6) is 5.75 Å². The third-order valence-electron chi connectivity index (χ3n) is 2.48. The van der Waals surface area contributed by atoms with Gasteiger partial charge in [-0.05, 0) is 38.0 Å². The summed E-state index contributed by atoms with van der Waals surface area (Å²) >= 11 is 1.38. The summed E-state index contributed by atoms with van der Waals surface area (Å²) in [5.74, 6) is -0.237. The summed E-state index contributed by atoms with van der Waals surface area (Å²) in [5, 5.41) is 2.52. The van der Waals surface area contributed by atoms with Crippen LogP contribution in [0.3, 0.4) is 0 Å². The molecular formula is C13H11F3NOS. The summed E-state index contributed by atoms with van der Waals surface area (Å²) in [6, 6.07) is 4.23. The highest BCUT2D eigenvalue weighted by molar-refractivity contribution is 7.13.